The molecule has 0 aliphatic rings. The van der Waals surface area contributed by atoms with E-state index in [1.165, 1.54) is 20.1 Å². The summed E-state index contributed by atoms with van der Waals surface area (Å²) in [6.45, 7) is 0.768. The third kappa shape index (κ3) is 5.00. The maximum atomic E-state index is 11.3. The Bertz CT molecular complexity index is 730. The number of rotatable bonds is 9. The maximum absolute atomic E-state index is 11.3. The first kappa shape index (κ1) is 19.4. The van der Waals surface area contributed by atoms with Crippen LogP contribution in [0.3, 0.4) is 0 Å². The number of ether oxygens (including phenoxy) is 2. The summed E-state index contributed by atoms with van der Waals surface area (Å²) in [6.07, 6.45) is -2.68. The number of aliphatic hydroxyl groups excluding tert-OH is 3. The van der Waals surface area contributed by atoms with Gasteiger partial charge < -0.3 is 34.5 Å². The van der Waals surface area contributed by atoms with E-state index in [1.54, 1.807) is 24.3 Å². The van der Waals surface area contributed by atoms with Crippen LogP contribution in [0.2, 0.25) is 0 Å². The van der Waals surface area contributed by atoms with Gasteiger partial charge in [0.15, 0.2) is 6.29 Å². The number of fused-ring (bicyclic) bond motifs is 1. The average molecular weight is 353 g/mol. The smallest absolute Gasteiger partial charge is 0.336 e. The average Bonchev–Trinajstić information content (AvgIpc) is 2.60. The topological polar surface area (TPSA) is 121 Å². The van der Waals surface area contributed by atoms with E-state index < -0.39 is 36.8 Å². The first-order valence-corrected chi connectivity index (χ1v) is 7.87. The maximum Gasteiger partial charge on any atom is 0.336 e. The minimum Gasteiger partial charge on any atom is -0.423 e. The Morgan fingerprint density at radius 2 is 1.92 bits per heavy atom. The number of hydrogen-bond acceptors (Lipinski definition) is 8. The Morgan fingerprint density at radius 3 is 2.52 bits per heavy atom. The van der Waals surface area contributed by atoms with E-state index in [-0.39, 0.29) is 6.61 Å². The molecule has 8 nitrogen and oxygen atoms in total. The number of benzene rings is 1. The molecule has 0 aliphatic carbocycles. The third-order valence-corrected chi connectivity index (χ3v) is 3.76. The molecule has 1 aromatic carbocycles. The van der Waals surface area contributed by atoms with Crippen LogP contribution in [0.15, 0.2) is 39.5 Å². The summed E-state index contributed by atoms with van der Waals surface area (Å²) in [5.74, 6) is 0. The molecule has 2 aromatic rings. The van der Waals surface area contributed by atoms with Crippen molar-refractivity contribution in [3.05, 3.63) is 40.8 Å². The van der Waals surface area contributed by atoms with Crippen molar-refractivity contribution < 1.29 is 29.2 Å². The minimum atomic E-state index is -0.921. The van der Waals surface area contributed by atoms with Crippen LogP contribution in [-0.2, 0) is 9.47 Å². The van der Waals surface area contributed by atoms with E-state index >= 15 is 0 Å². The summed E-state index contributed by atoms with van der Waals surface area (Å²) in [7, 11) is 1.39. The molecule has 1 aromatic heterocycles. The molecular weight excluding hydrogens is 330 g/mol. The van der Waals surface area contributed by atoms with Crippen LogP contribution < -0.4 is 10.9 Å². The van der Waals surface area contributed by atoms with Gasteiger partial charge in [-0.1, -0.05) is 0 Å². The molecule has 0 aliphatic heterocycles. The fraction of sp³-hybridized carbons (Fsp3) is 0.471. The molecule has 0 bridgehead atoms. The number of aliphatic hydroxyl groups is 3. The summed E-state index contributed by atoms with van der Waals surface area (Å²) < 4.78 is 15.9. The SMILES string of the molecule is CO[C@@H](OC(CO)[C@H](C)O)[C@H](CO)Nc1ccc2ccc(=O)oc2c1. The van der Waals surface area contributed by atoms with Crippen LogP contribution in [0.25, 0.3) is 11.0 Å². The fourth-order valence-electron chi connectivity index (χ4n) is 2.36. The standard InChI is InChI=1S/C17H23NO7/c1-10(21)15(9-20)25-17(23-2)13(8-19)18-12-5-3-11-4-6-16(22)24-14(11)7-12/h3-7,10,13,15,17-21H,8-9H2,1-2H3/t10-,13-,15?,17-/m0/s1. The summed E-state index contributed by atoms with van der Waals surface area (Å²) in [5.41, 5.74) is 0.537. The molecule has 1 unspecified atom stereocenters. The number of hydrogen-bond donors (Lipinski definition) is 4. The van der Waals surface area contributed by atoms with E-state index in [0.29, 0.717) is 11.3 Å². The molecular formula is C17H23NO7. The van der Waals surface area contributed by atoms with E-state index in [9.17, 15) is 20.1 Å². The Labute approximate surface area is 144 Å². The highest BCUT2D eigenvalue weighted by molar-refractivity contribution is 5.80. The van der Waals surface area contributed by atoms with Gasteiger partial charge in [0.05, 0.1) is 19.3 Å². The molecule has 25 heavy (non-hydrogen) atoms. The van der Waals surface area contributed by atoms with E-state index in [1.807, 2.05) is 0 Å². The van der Waals surface area contributed by atoms with Gasteiger partial charge in [-0.3, -0.25) is 0 Å². The van der Waals surface area contributed by atoms with Gasteiger partial charge in [-0.25, -0.2) is 4.79 Å². The van der Waals surface area contributed by atoms with Crippen molar-refractivity contribution in [2.24, 2.45) is 0 Å². The summed E-state index contributed by atoms with van der Waals surface area (Å²) in [6, 6.07) is 7.48. The van der Waals surface area contributed by atoms with E-state index in [2.05, 4.69) is 5.32 Å². The first-order valence-electron chi connectivity index (χ1n) is 7.87. The lowest BCUT2D eigenvalue weighted by Gasteiger charge is -2.30. The Kier molecular flexibility index (Phi) is 6.91. The zero-order valence-corrected chi connectivity index (χ0v) is 14.1. The summed E-state index contributed by atoms with van der Waals surface area (Å²) in [4.78, 5) is 11.3. The fourth-order valence-corrected chi connectivity index (χ4v) is 2.36. The summed E-state index contributed by atoms with van der Waals surface area (Å²) >= 11 is 0. The van der Waals surface area contributed by atoms with Gasteiger partial charge in [-0.05, 0) is 25.1 Å². The van der Waals surface area contributed by atoms with Crippen molar-refractivity contribution in [2.45, 2.75) is 31.5 Å². The number of methoxy groups -OCH3 is 1. The van der Waals surface area contributed by atoms with Gasteiger partial charge >= 0.3 is 5.63 Å². The molecule has 0 saturated heterocycles. The lowest BCUT2D eigenvalue weighted by atomic mass is 10.2. The van der Waals surface area contributed by atoms with Gasteiger partial charge in [0, 0.05) is 30.3 Å². The molecule has 1 heterocycles. The molecule has 0 radical (unpaired) electrons. The normalized spacial score (nSPS) is 16.4. The van der Waals surface area contributed by atoms with Gasteiger partial charge in [0.2, 0.25) is 0 Å². The molecule has 138 valence electrons. The van der Waals surface area contributed by atoms with E-state index in [0.717, 1.165) is 5.39 Å². The Balaban J connectivity index is 2.17. The van der Waals surface area contributed by atoms with Crippen LogP contribution in [0, 0.1) is 0 Å². The van der Waals surface area contributed by atoms with Crippen molar-refractivity contribution in [1.82, 2.24) is 0 Å². The molecule has 2 rings (SSSR count). The van der Waals surface area contributed by atoms with Crippen LogP contribution in [0.5, 0.6) is 0 Å². The van der Waals surface area contributed by atoms with Crippen LogP contribution in [0.1, 0.15) is 6.92 Å². The molecule has 0 spiro atoms. The molecule has 0 saturated carbocycles. The first-order chi connectivity index (χ1) is 12.0. The minimum absolute atomic E-state index is 0.326. The quantitative estimate of drug-likeness (QED) is 0.375. The summed E-state index contributed by atoms with van der Waals surface area (Å²) in [5, 5.41) is 32.3. The Hall–Kier alpha value is -1.97. The highest BCUT2D eigenvalue weighted by atomic mass is 16.7. The van der Waals surface area contributed by atoms with Crippen LogP contribution in [-0.4, -0.2) is 60.2 Å². The zero-order chi connectivity index (χ0) is 18.4. The predicted molar refractivity (Wildman–Crippen MR) is 91.4 cm³/mol. The highest BCUT2D eigenvalue weighted by Gasteiger charge is 2.27. The number of anilines is 1. The number of nitrogens with one attached hydrogen (secondary N) is 1. The lowest BCUT2D eigenvalue weighted by Crippen LogP contribution is -2.45. The molecule has 0 amide bonds. The van der Waals surface area contributed by atoms with Crippen molar-refractivity contribution in [3.8, 4) is 0 Å². The van der Waals surface area contributed by atoms with Crippen molar-refractivity contribution in [3.63, 3.8) is 0 Å². The van der Waals surface area contributed by atoms with Crippen LogP contribution >= 0.6 is 0 Å². The van der Waals surface area contributed by atoms with Gasteiger partial charge in [-0.2, -0.15) is 0 Å². The molecule has 4 atom stereocenters. The van der Waals surface area contributed by atoms with Gasteiger partial charge in [-0.15, -0.1) is 0 Å². The monoisotopic (exact) mass is 353 g/mol. The van der Waals surface area contributed by atoms with Crippen molar-refractivity contribution >= 4 is 16.7 Å². The highest BCUT2D eigenvalue weighted by Crippen LogP contribution is 2.20. The second-order valence-electron chi connectivity index (χ2n) is 5.64. The second kappa shape index (κ2) is 8.93. The van der Waals surface area contributed by atoms with Crippen molar-refractivity contribution in [2.75, 3.05) is 25.6 Å². The zero-order valence-electron chi connectivity index (χ0n) is 14.1. The largest absolute Gasteiger partial charge is 0.423 e. The lowest BCUT2D eigenvalue weighted by molar-refractivity contribution is -0.196. The predicted octanol–water partition coefficient (Wildman–Crippen LogP) is 0.297. The van der Waals surface area contributed by atoms with Crippen LogP contribution in [0.4, 0.5) is 5.69 Å². The van der Waals surface area contributed by atoms with Crippen molar-refractivity contribution in [1.29, 1.82) is 0 Å². The second-order valence-corrected chi connectivity index (χ2v) is 5.64. The van der Waals surface area contributed by atoms with Gasteiger partial charge in [0.25, 0.3) is 0 Å². The van der Waals surface area contributed by atoms with E-state index in [4.69, 9.17) is 13.9 Å². The molecule has 8 heteroatoms. The third-order valence-electron chi connectivity index (χ3n) is 3.76. The Morgan fingerprint density at radius 1 is 1.20 bits per heavy atom. The molecule has 4 N–H and O–H groups in total. The van der Waals surface area contributed by atoms with Gasteiger partial charge in [0.1, 0.15) is 17.7 Å². The molecule has 0 fully saturated rings.